The van der Waals surface area contributed by atoms with Crippen molar-refractivity contribution in [2.24, 2.45) is 5.14 Å². The van der Waals surface area contributed by atoms with E-state index in [-0.39, 0.29) is 5.75 Å². The first-order chi connectivity index (χ1) is 6.31. The highest BCUT2D eigenvalue weighted by molar-refractivity contribution is 7.89. The van der Waals surface area contributed by atoms with Gasteiger partial charge in [-0.15, -0.1) is 0 Å². The maximum absolute atomic E-state index is 10.6. The molecule has 0 spiro atoms. The van der Waals surface area contributed by atoms with Crippen LogP contribution in [0.15, 0.2) is 23.3 Å². The van der Waals surface area contributed by atoms with Gasteiger partial charge < -0.3 is 0 Å². The second-order valence-corrected chi connectivity index (χ2v) is 5.36. The number of nitrogens with two attached hydrogens (primary N) is 1. The molecule has 0 rings (SSSR count). The molecule has 14 heavy (non-hydrogen) atoms. The zero-order chi connectivity index (χ0) is 11.2. The monoisotopic (exact) mass is 217 g/mol. The van der Waals surface area contributed by atoms with E-state index in [2.05, 4.69) is 6.08 Å². The van der Waals surface area contributed by atoms with Crippen LogP contribution >= 0.6 is 0 Å². The lowest BCUT2D eigenvalue weighted by Crippen LogP contribution is -2.14. The number of allylic oxidation sites excluding steroid dienone is 3. The first kappa shape index (κ1) is 13.4. The molecule has 0 aromatic heterocycles. The fraction of sp³-hybridized carbons (Fsp3) is 0.600. The van der Waals surface area contributed by atoms with Gasteiger partial charge in [0, 0.05) is 0 Å². The predicted octanol–water partition coefficient (Wildman–Crippen LogP) is 1.97. The second-order valence-electron chi connectivity index (χ2n) is 3.70. The molecule has 2 N–H and O–H groups in total. The summed E-state index contributed by atoms with van der Waals surface area (Å²) in [7, 11) is -3.35. The highest BCUT2D eigenvalue weighted by Crippen LogP contribution is 2.06. The fourth-order valence-corrected chi connectivity index (χ4v) is 1.47. The van der Waals surface area contributed by atoms with Gasteiger partial charge in [0.05, 0.1) is 5.75 Å². The molecule has 0 aliphatic heterocycles. The molecular formula is C10H19NO2S. The number of hydrogen-bond acceptors (Lipinski definition) is 2. The van der Waals surface area contributed by atoms with E-state index in [4.69, 9.17) is 5.14 Å². The average molecular weight is 217 g/mol. The summed E-state index contributed by atoms with van der Waals surface area (Å²) in [5.41, 5.74) is 2.35. The number of primary sulfonamides is 1. The minimum Gasteiger partial charge on any atom is -0.228 e. The van der Waals surface area contributed by atoms with Gasteiger partial charge in [0.2, 0.25) is 10.0 Å². The Morgan fingerprint density at radius 2 is 1.79 bits per heavy atom. The van der Waals surface area contributed by atoms with Crippen molar-refractivity contribution in [1.82, 2.24) is 0 Å². The molecule has 0 aromatic carbocycles. The van der Waals surface area contributed by atoms with Crippen LogP contribution in [0.3, 0.4) is 0 Å². The number of rotatable bonds is 5. The molecular weight excluding hydrogens is 198 g/mol. The SMILES string of the molecule is CC(C)=CCC/C(C)=C\CS(N)(=O)=O. The Balaban J connectivity index is 3.97. The molecule has 3 nitrogen and oxygen atoms in total. The van der Waals surface area contributed by atoms with E-state index in [1.54, 1.807) is 6.08 Å². The first-order valence-corrected chi connectivity index (χ1v) is 6.32. The lowest BCUT2D eigenvalue weighted by molar-refractivity contribution is 0.600. The van der Waals surface area contributed by atoms with Gasteiger partial charge in [-0.1, -0.05) is 23.3 Å². The topological polar surface area (TPSA) is 60.2 Å². The second kappa shape index (κ2) is 5.98. The van der Waals surface area contributed by atoms with Crippen LogP contribution in [-0.2, 0) is 10.0 Å². The Hall–Kier alpha value is -0.610. The van der Waals surface area contributed by atoms with Gasteiger partial charge in [0.15, 0.2) is 0 Å². The van der Waals surface area contributed by atoms with Crippen LogP contribution in [0.1, 0.15) is 33.6 Å². The maximum atomic E-state index is 10.6. The van der Waals surface area contributed by atoms with Gasteiger partial charge >= 0.3 is 0 Å². The normalized spacial score (nSPS) is 12.7. The molecule has 4 heteroatoms. The molecule has 0 amide bonds. The van der Waals surface area contributed by atoms with E-state index in [0.29, 0.717) is 0 Å². The quantitative estimate of drug-likeness (QED) is 0.716. The Morgan fingerprint density at radius 3 is 2.21 bits per heavy atom. The van der Waals surface area contributed by atoms with Crippen molar-refractivity contribution in [2.75, 3.05) is 5.75 Å². The summed E-state index contributed by atoms with van der Waals surface area (Å²) in [6.07, 6.45) is 5.65. The third-order valence-electron chi connectivity index (χ3n) is 1.76. The van der Waals surface area contributed by atoms with E-state index < -0.39 is 10.0 Å². The van der Waals surface area contributed by atoms with Crippen molar-refractivity contribution in [1.29, 1.82) is 0 Å². The van der Waals surface area contributed by atoms with Crippen LogP contribution in [0.25, 0.3) is 0 Å². The standard InChI is InChI=1S/C10H19NO2S/c1-9(2)5-4-6-10(3)7-8-14(11,12)13/h5,7H,4,6,8H2,1-3H3,(H2,11,12,13)/b10-7-. The molecule has 0 atom stereocenters. The molecule has 0 aliphatic rings. The third kappa shape index (κ3) is 9.48. The smallest absolute Gasteiger partial charge is 0.212 e. The molecule has 0 saturated carbocycles. The zero-order valence-corrected chi connectivity index (χ0v) is 9.89. The summed E-state index contributed by atoms with van der Waals surface area (Å²) in [5, 5.41) is 4.88. The molecule has 0 heterocycles. The molecule has 0 fully saturated rings. The molecule has 0 unspecified atom stereocenters. The minimum absolute atomic E-state index is 0.0619. The van der Waals surface area contributed by atoms with Crippen molar-refractivity contribution >= 4 is 10.0 Å². The van der Waals surface area contributed by atoms with Crippen LogP contribution in [0.2, 0.25) is 0 Å². The van der Waals surface area contributed by atoms with Crippen LogP contribution in [0, 0.1) is 0 Å². The van der Waals surface area contributed by atoms with Gasteiger partial charge in [-0.05, 0) is 33.6 Å². The Bertz CT molecular complexity index is 322. The predicted molar refractivity (Wildman–Crippen MR) is 60.4 cm³/mol. The molecule has 0 aromatic rings. The third-order valence-corrected chi connectivity index (χ3v) is 2.39. The highest BCUT2D eigenvalue weighted by atomic mass is 32.2. The first-order valence-electron chi connectivity index (χ1n) is 4.61. The summed E-state index contributed by atoms with van der Waals surface area (Å²) in [6, 6.07) is 0. The maximum Gasteiger partial charge on any atom is 0.212 e. The summed E-state index contributed by atoms with van der Waals surface area (Å²) in [6.45, 7) is 6.01. The van der Waals surface area contributed by atoms with Gasteiger partial charge in [-0.25, -0.2) is 13.6 Å². The van der Waals surface area contributed by atoms with Crippen LogP contribution in [0.4, 0.5) is 0 Å². The Labute approximate surface area is 86.7 Å². The minimum atomic E-state index is -3.35. The van der Waals surface area contributed by atoms with E-state index in [0.717, 1.165) is 18.4 Å². The lowest BCUT2D eigenvalue weighted by Gasteiger charge is -1.98. The summed E-state index contributed by atoms with van der Waals surface area (Å²) < 4.78 is 21.3. The van der Waals surface area contributed by atoms with Crippen LogP contribution in [-0.4, -0.2) is 14.2 Å². The largest absolute Gasteiger partial charge is 0.228 e. The van der Waals surface area contributed by atoms with Crippen molar-refractivity contribution in [2.45, 2.75) is 33.6 Å². The van der Waals surface area contributed by atoms with Gasteiger partial charge in [0.25, 0.3) is 0 Å². The molecule has 0 aliphatic carbocycles. The van der Waals surface area contributed by atoms with Gasteiger partial charge in [0.1, 0.15) is 0 Å². The van der Waals surface area contributed by atoms with E-state index >= 15 is 0 Å². The van der Waals surface area contributed by atoms with Crippen molar-refractivity contribution in [3.8, 4) is 0 Å². The van der Waals surface area contributed by atoms with Gasteiger partial charge in [-0.3, -0.25) is 0 Å². The highest BCUT2D eigenvalue weighted by Gasteiger charge is 1.98. The van der Waals surface area contributed by atoms with Crippen molar-refractivity contribution in [3.05, 3.63) is 23.3 Å². The Morgan fingerprint density at radius 1 is 1.21 bits per heavy atom. The van der Waals surface area contributed by atoms with Crippen LogP contribution < -0.4 is 5.14 Å². The molecule has 82 valence electrons. The fourth-order valence-electron chi connectivity index (χ4n) is 0.949. The summed E-state index contributed by atoms with van der Waals surface area (Å²) in [4.78, 5) is 0. The molecule has 0 saturated heterocycles. The van der Waals surface area contributed by atoms with Crippen LogP contribution in [0.5, 0.6) is 0 Å². The lowest BCUT2D eigenvalue weighted by atomic mass is 10.1. The van der Waals surface area contributed by atoms with E-state index in [9.17, 15) is 8.42 Å². The molecule has 0 bridgehead atoms. The molecule has 0 radical (unpaired) electrons. The van der Waals surface area contributed by atoms with E-state index in [1.165, 1.54) is 5.57 Å². The van der Waals surface area contributed by atoms with Crippen molar-refractivity contribution in [3.63, 3.8) is 0 Å². The summed E-state index contributed by atoms with van der Waals surface area (Å²) >= 11 is 0. The van der Waals surface area contributed by atoms with Crippen molar-refractivity contribution < 1.29 is 8.42 Å². The van der Waals surface area contributed by atoms with E-state index in [1.807, 2.05) is 20.8 Å². The van der Waals surface area contributed by atoms with Gasteiger partial charge in [-0.2, -0.15) is 0 Å². The summed E-state index contributed by atoms with van der Waals surface area (Å²) in [5.74, 6) is -0.0619. The average Bonchev–Trinajstić information content (AvgIpc) is 1.99. The zero-order valence-electron chi connectivity index (χ0n) is 9.08. The number of sulfonamides is 1. The number of hydrogen-bond donors (Lipinski definition) is 1. The Kier molecular flexibility index (Phi) is 5.72.